The summed E-state index contributed by atoms with van der Waals surface area (Å²) >= 11 is 3.48. The molecule has 1 saturated heterocycles. The van der Waals surface area contributed by atoms with Crippen LogP contribution < -0.4 is 0 Å². The Morgan fingerprint density at radius 3 is 3.00 bits per heavy atom. The van der Waals surface area contributed by atoms with E-state index in [1.807, 2.05) is 45.2 Å². The summed E-state index contributed by atoms with van der Waals surface area (Å²) in [6.45, 7) is 7.12. The molecule has 4 rings (SSSR count). The van der Waals surface area contributed by atoms with Crippen molar-refractivity contribution in [2.45, 2.75) is 39.2 Å². The van der Waals surface area contributed by atoms with Crippen LogP contribution in [0.3, 0.4) is 0 Å². The average molecular weight is 431 g/mol. The van der Waals surface area contributed by atoms with E-state index in [2.05, 4.69) is 25.9 Å². The summed E-state index contributed by atoms with van der Waals surface area (Å²) in [5.41, 5.74) is 2.36. The lowest BCUT2D eigenvalue weighted by atomic mass is 10.1. The first-order valence-corrected chi connectivity index (χ1v) is 9.98. The Morgan fingerprint density at radius 2 is 2.22 bits per heavy atom. The molecular formula is C20H23BrN4O2. The van der Waals surface area contributed by atoms with Crippen molar-refractivity contribution in [3.05, 3.63) is 34.7 Å². The number of likely N-dealkylation sites (tertiary alicyclic amines) is 1. The molecular weight excluding hydrogens is 408 g/mol. The predicted molar refractivity (Wildman–Crippen MR) is 109 cm³/mol. The average Bonchev–Trinajstić information content (AvgIpc) is 3.19. The highest BCUT2D eigenvalue weighted by atomic mass is 79.9. The Labute approximate surface area is 166 Å². The van der Waals surface area contributed by atoms with Crippen LogP contribution in [0.5, 0.6) is 0 Å². The fourth-order valence-electron chi connectivity index (χ4n) is 3.54. The van der Waals surface area contributed by atoms with E-state index in [0.717, 1.165) is 51.6 Å². The van der Waals surface area contributed by atoms with Crippen LogP contribution in [0.2, 0.25) is 0 Å². The van der Waals surface area contributed by atoms with Crippen molar-refractivity contribution in [3.8, 4) is 0 Å². The number of rotatable bonds is 2. The fraction of sp³-hybridized carbons (Fsp3) is 0.450. The van der Waals surface area contributed by atoms with Gasteiger partial charge in [-0.25, -0.2) is 9.78 Å². The number of halogens is 1. The third-order valence-electron chi connectivity index (χ3n) is 4.75. The Kier molecular flexibility index (Phi) is 4.58. The first-order chi connectivity index (χ1) is 12.8. The van der Waals surface area contributed by atoms with Crippen molar-refractivity contribution >= 4 is 44.0 Å². The second-order valence-electron chi connectivity index (χ2n) is 8.15. The van der Waals surface area contributed by atoms with E-state index in [0.29, 0.717) is 12.5 Å². The number of amides is 1. The molecule has 1 aliphatic heterocycles. The molecule has 3 aromatic rings. The van der Waals surface area contributed by atoms with Crippen LogP contribution in [-0.2, 0) is 11.2 Å². The molecule has 0 aliphatic carbocycles. The van der Waals surface area contributed by atoms with Gasteiger partial charge in [-0.2, -0.15) is 0 Å². The van der Waals surface area contributed by atoms with E-state index in [4.69, 9.17) is 9.72 Å². The van der Waals surface area contributed by atoms with Crippen LogP contribution in [0.25, 0.3) is 21.9 Å². The van der Waals surface area contributed by atoms with E-state index in [1.165, 1.54) is 0 Å². The van der Waals surface area contributed by atoms with Crippen LogP contribution in [-0.4, -0.2) is 44.6 Å². The zero-order valence-corrected chi connectivity index (χ0v) is 17.3. The minimum atomic E-state index is -0.461. The highest BCUT2D eigenvalue weighted by Crippen LogP contribution is 2.27. The number of hydrogen-bond donors (Lipinski definition) is 1. The Balaban J connectivity index is 1.49. The van der Waals surface area contributed by atoms with Gasteiger partial charge in [0.25, 0.3) is 0 Å². The maximum atomic E-state index is 12.2. The highest BCUT2D eigenvalue weighted by molar-refractivity contribution is 9.10. The van der Waals surface area contributed by atoms with Crippen molar-refractivity contribution in [1.82, 2.24) is 19.9 Å². The molecule has 2 aromatic heterocycles. The smallest absolute Gasteiger partial charge is 0.410 e. The number of aromatic nitrogens is 3. The molecule has 0 radical (unpaired) electrons. The minimum Gasteiger partial charge on any atom is -0.444 e. The van der Waals surface area contributed by atoms with Crippen molar-refractivity contribution in [1.29, 1.82) is 0 Å². The fourth-order valence-corrected chi connectivity index (χ4v) is 3.89. The second-order valence-corrected chi connectivity index (χ2v) is 9.07. The van der Waals surface area contributed by atoms with Gasteiger partial charge >= 0.3 is 6.09 Å². The number of nitrogens with one attached hydrogen (secondary N) is 1. The SMILES string of the molecule is CC(C)(C)OC(=O)N1CCC(Cc2nc3c(cnc4cc(Br)ccc43)[nH]2)C1. The number of carbonyl (C=O) groups excluding carboxylic acids is 1. The first-order valence-electron chi connectivity index (χ1n) is 9.19. The number of ether oxygens (including phenoxy) is 1. The quantitative estimate of drug-likeness (QED) is 0.640. The van der Waals surface area contributed by atoms with E-state index in [-0.39, 0.29) is 6.09 Å². The molecule has 6 nitrogen and oxygen atoms in total. The zero-order chi connectivity index (χ0) is 19.2. The molecule has 0 spiro atoms. The van der Waals surface area contributed by atoms with Crippen LogP contribution in [0.1, 0.15) is 33.0 Å². The number of nitrogens with zero attached hydrogens (tertiary/aromatic N) is 3. The molecule has 1 amide bonds. The van der Waals surface area contributed by atoms with Gasteiger partial charge < -0.3 is 14.6 Å². The second kappa shape index (κ2) is 6.78. The van der Waals surface area contributed by atoms with Gasteiger partial charge in [0.1, 0.15) is 11.4 Å². The van der Waals surface area contributed by atoms with E-state index in [1.54, 1.807) is 4.90 Å². The molecule has 1 fully saturated rings. The maximum Gasteiger partial charge on any atom is 0.410 e. The van der Waals surface area contributed by atoms with Crippen LogP contribution in [0, 0.1) is 5.92 Å². The lowest BCUT2D eigenvalue weighted by molar-refractivity contribution is 0.0288. The van der Waals surface area contributed by atoms with Crippen molar-refractivity contribution in [2.75, 3.05) is 13.1 Å². The molecule has 1 aliphatic rings. The third kappa shape index (κ3) is 3.93. The number of aromatic amines is 1. The van der Waals surface area contributed by atoms with Gasteiger partial charge in [0.05, 0.1) is 22.7 Å². The van der Waals surface area contributed by atoms with Crippen molar-refractivity contribution in [2.24, 2.45) is 5.92 Å². The molecule has 1 atom stereocenters. The van der Waals surface area contributed by atoms with E-state index >= 15 is 0 Å². The summed E-state index contributed by atoms with van der Waals surface area (Å²) in [4.78, 5) is 26.8. The molecule has 1 aromatic carbocycles. The summed E-state index contributed by atoms with van der Waals surface area (Å²) in [5, 5.41) is 1.04. The topological polar surface area (TPSA) is 71.1 Å². The van der Waals surface area contributed by atoms with Gasteiger partial charge in [0.2, 0.25) is 0 Å². The summed E-state index contributed by atoms with van der Waals surface area (Å²) in [6, 6.07) is 6.05. The molecule has 0 bridgehead atoms. The number of imidazole rings is 1. The van der Waals surface area contributed by atoms with Crippen LogP contribution in [0.15, 0.2) is 28.9 Å². The van der Waals surface area contributed by atoms with Gasteiger partial charge in [-0.1, -0.05) is 15.9 Å². The number of pyridine rings is 1. The first kappa shape index (κ1) is 18.2. The van der Waals surface area contributed by atoms with Crippen LogP contribution in [0.4, 0.5) is 4.79 Å². The maximum absolute atomic E-state index is 12.2. The zero-order valence-electron chi connectivity index (χ0n) is 15.8. The minimum absolute atomic E-state index is 0.227. The number of H-pyrrole nitrogens is 1. The standard InChI is InChI=1S/C20H23BrN4O2/c1-20(2,3)27-19(26)25-7-6-12(11-25)8-17-23-16-10-22-15-9-13(21)4-5-14(15)18(16)24-17/h4-5,9-10,12H,6-8,11H2,1-3H3,(H,23,24). The van der Waals surface area contributed by atoms with E-state index in [9.17, 15) is 4.79 Å². The number of hydrogen-bond acceptors (Lipinski definition) is 4. The normalized spacial score (nSPS) is 17.8. The van der Waals surface area contributed by atoms with Gasteiger partial charge in [-0.05, 0) is 51.3 Å². The summed E-state index contributed by atoms with van der Waals surface area (Å²) in [5.74, 6) is 1.32. The highest BCUT2D eigenvalue weighted by Gasteiger charge is 2.30. The summed E-state index contributed by atoms with van der Waals surface area (Å²) in [6.07, 6.45) is 3.38. The lowest BCUT2D eigenvalue weighted by Crippen LogP contribution is -2.35. The Morgan fingerprint density at radius 1 is 1.41 bits per heavy atom. The monoisotopic (exact) mass is 430 g/mol. The largest absolute Gasteiger partial charge is 0.444 e. The molecule has 0 saturated carbocycles. The number of carbonyl (C=O) groups is 1. The predicted octanol–water partition coefficient (Wildman–Crippen LogP) is 4.67. The van der Waals surface area contributed by atoms with Crippen molar-refractivity contribution in [3.63, 3.8) is 0 Å². The Bertz CT molecular complexity index is 1010. The lowest BCUT2D eigenvalue weighted by Gasteiger charge is -2.24. The Hall–Kier alpha value is -2.15. The van der Waals surface area contributed by atoms with E-state index < -0.39 is 5.60 Å². The van der Waals surface area contributed by atoms with Gasteiger partial charge in [-0.3, -0.25) is 4.98 Å². The van der Waals surface area contributed by atoms with Gasteiger partial charge in [0.15, 0.2) is 0 Å². The molecule has 7 heteroatoms. The summed E-state index contributed by atoms with van der Waals surface area (Å²) in [7, 11) is 0. The van der Waals surface area contributed by atoms with Crippen molar-refractivity contribution < 1.29 is 9.53 Å². The molecule has 3 heterocycles. The van der Waals surface area contributed by atoms with Gasteiger partial charge in [-0.15, -0.1) is 0 Å². The molecule has 142 valence electrons. The number of benzene rings is 1. The third-order valence-corrected chi connectivity index (χ3v) is 5.24. The van der Waals surface area contributed by atoms with Crippen LogP contribution >= 0.6 is 15.9 Å². The van der Waals surface area contributed by atoms with Gasteiger partial charge in [0, 0.05) is 29.4 Å². The molecule has 1 unspecified atom stereocenters. The molecule has 27 heavy (non-hydrogen) atoms. The summed E-state index contributed by atoms with van der Waals surface area (Å²) < 4.78 is 6.48. The molecule has 1 N–H and O–H groups in total. The number of fused-ring (bicyclic) bond motifs is 3.